The predicted molar refractivity (Wildman–Crippen MR) is 116 cm³/mol. The van der Waals surface area contributed by atoms with Gasteiger partial charge in [-0.25, -0.2) is 0 Å². The fraction of sp³-hybridized carbons (Fsp3) is 0.632. The van der Waals surface area contributed by atoms with Crippen molar-refractivity contribution in [2.75, 3.05) is 45.9 Å². The van der Waals surface area contributed by atoms with E-state index in [0.29, 0.717) is 25.7 Å². The number of fused-ring (bicyclic) bond motifs is 1. The zero-order chi connectivity index (χ0) is 17.3. The summed E-state index contributed by atoms with van der Waals surface area (Å²) in [6.07, 6.45) is 2.78. The Hall–Kier alpha value is -1.06. The third-order valence-corrected chi connectivity index (χ3v) is 4.67. The van der Waals surface area contributed by atoms with E-state index >= 15 is 0 Å². The SMILES string of the molecule is CCNC(=NCC1CN2CCCC2CO1)NCCOc1ccccc1.I. The van der Waals surface area contributed by atoms with Crippen LogP contribution in [0.25, 0.3) is 0 Å². The second kappa shape index (κ2) is 11.6. The minimum atomic E-state index is 0. The molecule has 2 heterocycles. The maximum Gasteiger partial charge on any atom is 0.191 e. The van der Waals surface area contributed by atoms with E-state index in [1.165, 1.54) is 19.4 Å². The van der Waals surface area contributed by atoms with E-state index in [1.807, 2.05) is 30.3 Å². The lowest BCUT2D eigenvalue weighted by Gasteiger charge is -2.34. The first-order valence-electron chi connectivity index (χ1n) is 9.41. The Morgan fingerprint density at radius 2 is 2.15 bits per heavy atom. The summed E-state index contributed by atoms with van der Waals surface area (Å²) < 4.78 is 11.7. The molecule has 2 atom stereocenters. The number of hydrogen-bond acceptors (Lipinski definition) is 4. The molecule has 26 heavy (non-hydrogen) atoms. The molecule has 2 aliphatic heterocycles. The molecule has 0 saturated carbocycles. The van der Waals surface area contributed by atoms with Gasteiger partial charge in [0.2, 0.25) is 0 Å². The van der Waals surface area contributed by atoms with Gasteiger partial charge in [0.15, 0.2) is 5.96 Å². The Morgan fingerprint density at radius 1 is 1.31 bits per heavy atom. The summed E-state index contributed by atoms with van der Waals surface area (Å²) in [4.78, 5) is 7.24. The molecule has 1 aromatic rings. The summed E-state index contributed by atoms with van der Waals surface area (Å²) in [5, 5.41) is 6.60. The monoisotopic (exact) mass is 474 g/mol. The largest absolute Gasteiger partial charge is 0.492 e. The van der Waals surface area contributed by atoms with Crippen molar-refractivity contribution >= 4 is 29.9 Å². The van der Waals surface area contributed by atoms with E-state index in [1.54, 1.807) is 0 Å². The van der Waals surface area contributed by atoms with Gasteiger partial charge < -0.3 is 20.1 Å². The van der Waals surface area contributed by atoms with Crippen LogP contribution < -0.4 is 15.4 Å². The molecule has 0 bridgehead atoms. The number of morpholine rings is 1. The lowest BCUT2D eigenvalue weighted by molar-refractivity contribution is -0.0432. The molecule has 2 unspecified atom stereocenters. The molecule has 3 rings (SSSR count). The molecular weight excluding hydrogens is 443 g/mol. The summed E-state index contributed by atoms with van der Waals surface area (Å²) >= 11 is 0. The average molecular weight is 474 g/mol. The molecule has 0 amide bonds. The van der Waals surface area contributed by atoms with Gasteiger partial charge in [0.05, 0.1) is 25.8 Å². The molecule has 2 saturated heterocycles. The van der Waals surface area contributed by atoms with Crippen LogP contribution in [-0.4, -0.2) is 68.9 Å². The van der Waals surface area contributed by atoms with Crippen LogP contribution >= 0.6 is 24.0 Å². The van der Waals surface area contributed by atoms with E-state index in [0.717, 1.165) is 31.4 Å². The summed E-state index contributed by atoms with van der Waals surface area (Å²) in [7, 11) is 0. The molecule has 0 radical (unpaired) electrons. The third-order valence-electron chi connectivity index (χ3n) is 4.67. The number of halogens is 1. The van der Waals surface area contributed by atoms with Gasteiger partial charge in [0, 0.05) is 19.1 Å². The maximum absolute atomic E-state index is 5.97. The molecular formula is C19H31IN4O2. The number of rotatable bonds is 7. The molecule has 1 aromatic carbocycles. The van der Waals surface area contributed by atoms with Crippen molar-refractivity contribution in [3.8, 4) is 5.75 Å². The van der Waals surface area contributed by atoms with Crippen molar-refractivity contribution in [2.24, 2.45) is 4.99 Å². The average Bonchev–Trinajstić information content (AvgIpc) is 3.12. The second-order valence-electron chi connectivity index (χ2n) is 6.55. The number of nitrogens with zero attached hydrogens (tertiary/aromatic N) is 2. The Kier molecular flexibility index (Phi) is 9.49. The highest BCUT2D eigenvalue weighted by molar-refractivity contribution is 14.0. The van der Waals surface area contributed by atoms with Gasteiger partial charge in [-0.3, -0.25) is 9.89 Å². The molecule has 0 aromatic heterocycles. The Balaban J connectivity index is 0.00000243. The van der Waals surface area contributed by atoms with Gasteiger partial charge in [-0.2, -0.15) is 0 Å². The summed E-state index contributed by atoms with van der Waals surface area (Å²) in [6, 6.07) is 10.5. The van der Waals surface area contributed by atoms with E-state index < -0.39 is 0 Å². The lowest BCUT2D eigenvalue weighted by atomic mass is 10.2. The first kappa shape index (κ1) is 21.2. The minimum absolute atomic E-state index is 0. The summed E-state index contributed by atoms with van der Waals surface area (Å²) in [5.41, 5.74) is 0. The number of aliphatic imine (C=N–C) groups is 1. The Morgan fingerprint density at radius 3 is 2.96 bits per heavy atom. The van der Waals surface area contributed by atoms with E-state index in [2.05, 4.69) is 27.4 Å². The molecule has 146 valence electrons. The fourth-order valence-electron chi connectivity index (χ4n) is 3.39. The molecule has 6 nitrogen and oxygen atoms in total. The summed E-state index contributed by atoms with van der Waals surface area (Å²) in [5.74, 6) is 1.72. The minimum Gasteiger partial charge on any atom is -0.492 e. The van der Waals surface area contributed by atoms with Crippen molar-refractivity contribution < 1.29 is 9.47 Å². The number of ether oxygens (including phenoxy) is 2. The normalized spacial score (nSPS) is 23.0. The quantitative estimate of drug-likeness (QED) is 0.275. The zero-order valence-electron chi connectivity index (χ0n) is 15.5. The van der Waals surface area contributed by atoms with Crippen molar-refractivity contribution in [3.63, 3.8) is 0 Å². The maximum atomic E-state index is 5.97. The third kappa shape index (κ3) is 6.59. The first-order valence-corrected chi connectivity index (χ1v) is 9.41. The highest BCUT2D eigenvalue weighted by Gasteiger charge is 2.31. The second-order valence-corrected chi connectivity index (χ2v) is 6.55. The van der Waals surface area contributed by atoms with E-state index in [-0.39, 0.29) is 30.1 Å². The van der Waals surface area contributed by atoms with Crippen LogP contribution in [0.4, 0.5) is 0 Å². The molecule has 2 aliphatic rings. The Bertz CT molecular complexity index is 544. The van der Waals surface area contributed by atoms with Crippen LogP contribution in [0.15, 0.2) is 35.3 Å². The predicted octanol–water partition coefficient (Wildman–Crippen LogP) is 2.10. The number of hydrogen-bond donors (Lipinski definition) is 2. The molecule has 7 heteroatoms. The fourth-order valence-corrected chi connectivity index (χ4v) is 3.39. The van der Waals surface area contributed by atoms with Crippen molar-refractivity contribution in [1.29, 1.82) is 0 Å². The zero-order valence-corrected chi connectivity index (χ0v) is 17.9. The van der Waals surface area contributed by atoms with Gasteiger partial charge in [0.25, 0.3) is 0 Å². The highest BCUT2D eigenvalue weighted by Crippen LogP contribution is 2.22. The molecule has 2 N–H and O–H groups in total. The van der Waals surface area contributed by atoms with Gasteiger partial charge in [-0.15, -0.1) is 24.0 Å². The van der Waals surface area contributed by atoms with Crippen LogP contribution in [0.1, 0.15) is 19.8 Å². The van der Waals surface area contributed by atoms with E-state index in [4.69, 9.17) is 9.47 Å². The van der Waals surface area contributed by atoms with Crippen molar-refractivity contribution in [1.82, 2.24) is 15.5 Å². The van der Waals surface area contributed by atoms with Crippen LogP contribution in [0, 0.1) is 0 Å². The van der Waals surface area contributed by atoms with Crippen molar-refractivity contribution in [2.45, 2.75) is 31.9 Å². The molecule has 0 spiro atoms. The Labute approximate surface area is 173 Å². The van der Waals surface area contributed by atoms with Gasteiger partial charge in [-0.05, 0) is 38.4 Å². The topological polar surface area (TPSA) is 58.1 Å². The van der Waals surface area contributed by atoms with Crippen molar-refractivity contribution in [3.05, 3.63) is 30.3 Å². The van der Waals surface area contributed by atoms with Crippen LogP contribution in [0.5, 0.6) is 5.75 Å². The van der Waals surface area contributed by atoms with Crippen LogP contribution in [0.2, 0.25) is 0 Å². The number of nitrogens with one attached hydrogen (secondary N) is 2. The van der Waals surface area contributed by atoms with E-state index in [9.17, 15) is 0 Å². The highest BCUT2D eigenvalue weighted by atomic mass is 127. The van der Waals surface area contributed by atoms with Gasteiger partial charge in [0.1, 0.15) is 12.4 Å². The molecule has 0 aliphatic carbocycles. The van der Waals surface area contributed by atoms with Crippen LogP contribution in [0.3, 0.4) is 0 Å². The van der Waals surface area contributed by atoms with Gasteiger partial charge >= 0.3 is 0 Å². The number of benzene rings is 1. The van der Waals surface area contributed by atoms with Crippen LogP contribution in [-0.2, 0) is 4.74 Å². The number of guanidine groups is 1. The number of para-hydroxylation sites is 1. The van der Waals surface area contributed by atoms with Gasteiger partial charge in [-0.1, -0.05) is 18.2 Å². The smallest absolute Gasteiger partial charge is 0.191 e. The standard InChI is InChI=1S/C19H30N4O2.HI/c1-2-20-19(21-10-12-24-17-8-4-3-5-9-17)22-13-18-14-23-11-6-7-16(23)15-25-18;/h3-5,8-9,16,18H,2,6-7,10-15H2,1H3,(H2,20,21,22);1H. The summed E-state index contributed by atoms with van der Waals surface area (Å²) in [6.45, 7) is 7.99. The molecule has 2 fully saturated rings. The first-order chi connectivity index (χ1) is 12.3. The lowest BCUT2D eigenvalue weighted by Crippen LogP contribution is -2.47.